The molecule has 0 unspecified atom stereocenters. The summed E-state index contributed by atoms with van der Waals surface area (Å²) < 4.78 is 68.2. The van der Waals surface area contributed by atoms with Gasteiger partial charge in [-0.1, -0.05) is 53.5 Å². The van der Waals surface area contributed by atoms with E-state index in [0.717, 1.165) is 13.0 Å². The summed E-state index contributed by atoms with van der Waals surface area (Å²) in [5.74, 6) is -1.22. The standard InChI is InChI=1S/C23H18Cl2F3N3O5S/c1-13(32)31-37(34,35)16-8-6-14(7-9-16)12-29-22(33)30-15-10-18(24)21(19(25)11-15)17-4-2-3-5-20(17)36-23(26,27)28/h2-11H,12H2,1H3,(H,31,32)(H2,29,30,33). The summed E-state index contributed by atoms with van der Waals surface area (Å²) in [7, 11) is -3.98. The van der Waals surface area contributed by atoms with Gasteiger partial charge in [0, 0.05) is 30.3 Å². The lowest BCUT2D eigenvalue weighted by atomic mass is 10.0. The summed E-state index contributed by atoms with van der Waals surface area (Å²) >= 11 is 12.6. The zero-order chi connectivity index (χ0) is 27.4. The van der Waals surface area contributed by atoms with Gasteiger partial charge in [0.25, 0.3) is 10.0 Å². The average Bonchev–Trinajstić information content (AvgIpc) is 2.77. The summed E-state index contributed by atoms with van der Waals surface area (Å²) in [6.45, 7) is 1.09. The maximum absolute atomic E-state index is 12.8. The van der Waals surface area contributed by atoms with Crippen molar-refractivity contribution in [2.45, 2.75) is 24.7 Å². The van der Waals surface area contributed by atoms with Crippen molar-refractivity contribution >= 4 is 50.9 Å². The Morgan fingerprint density at radius 2 is 1.57 bits per heavy atom. The molecule has 196 valence electrons. The zero-order valence-corrected chi connectivity index (χ0v) is 21.1. The Morgan fingerprint density at radius 1 is 0.973 bits per heavy atom. The molecule has 0 aliphatic rings. The van der Waals surface area contributed by atoms with Gasteiger partial charge in [0.1, 0.15) is 5.75 Å². The van der Waals surface area contributed by atoms with Gasteiger partial charge in [0.15, 0.2) is 0 Å². The van der Waals surface area contributed by atoms with Crippen LogP contribution in [0.25, 0.3) is 11.1 Å². The number of carbonyl (C=O) groups excluding carboxylic acids is 2. The van der Waals surface area contributed by atoms with Crippen LogP contribution in [-0.4, -0.2) is 26.7 Å². The summed E-state index contributed by atoms with van der Waals surface area (Å²) in [5, 5.41) is 5.01. The van der Waals surface area contributed by atoms with Crippen molar-refractivity contribution < 1.29 is 35.9 Å². The van der Waals surface area contributed by atoms with Crippen molar-refractivity contribution in [3.05, 3.63) is 76.3 Å². The maximum atomic E-state index is 12.8. The molecule has 37 heavy (non-hydrogen) atoms. The molecule has 3 aromatic carbocycles. The van der Waals surface area contributed by atoms with Crippen LogP contribution in [0.2, 0.25) is 10.0 Å². The van der Waals surface area contributed by atoms with Crippen LogP contribution < -0.4 is 20.1 Å². The Morgan fingerprint density at radius 3 is 2.14 bits per heavy atom. The third kappa shape index (κ3) is 7.75. The van der Waals surface area contributed by atoms with Gasteiger partial charge in [0.2, 0.25) is 5.91 Å². The second-order valence-corrected chi connectivity index (χ2v) is 9.97. The highest BCUT2D eigenvalue weighted by atomic mass is 35.5. The highest BCUT2D eigenvalue weighted by molar-refractivity contribution is 7.90. The van der Waals surface area contributed by atoms with Gasteiger partial charge >= 0.3 is 12.4 Å². The molecule has 0 fully saturated rings. The van der Waals surface area contributed by atoms with E-state index in [1.807, 2.05) is 4.72 Å². The van der Waals surface area contributed by atoms with Crippen LogP contribution in [0.1, 0.15) is 12.5 Å². The molecule has 0 aliphatic heterocycles. The number of nitrogens with one attached hydrogen (secondary N) is 3. The van der Waals surface area contributed by atoms with E-state index >= 15 is 0 Å². The minimum absolute atomic E-state index is 0.00907. The zero-order valence-electron chi connectivity index (χ0n) is 18.8. The first-order valence-corrected chi connectivity index (χ1v) is 12.5. The lowest BCUT2D eigenvalue weighted by Gasteiger charge is -2.16. The molecule has 0 saturated carbocycles. The highest BCUT2D eigenvalue weighted by Crippen LogP contribution is 2.42. The fourth-order valence-electron chi connectivity index (χ4n) is 3.18. The molecule has 0 bridgehead atoms. The maximum Gasteiger partial charge on any atom is 0.573 e. The predicted octanol–water partition coefficient (Wildman–Crippen LogP) is 5.71. The van der Waals surface area contributed by atoms with Gasteiger partial charge < -0.3 is 15.4 Å². The van der Waals surface area contributed by atoms with Gasteiger partial charge in [0.05, 0.1) is 14.9 Å². The second-order valence-electron chi connectivity index (χ2n) is 7.47. The monoisotopic (exact) mass is 575 g/mol. The molecule has 0 spiro atoms. The first-order valence-electron chi connectivity index (χ1n) is 10.3. The number of sulfonamides is 1. The molecule has 0 radical (unpaired) electrons. The fraction of sp³-hybridized carbons (Fsp3) is 0.130. The molecule has 3 amide bonds. The summed E-state index contributed by atoms with van der Waals surface area (Å²) in [4.78, 5) is 23.2. The Labute approximate surface area is 219 Å². The molecule has 3 rings (SSSR count). The molecule has 0 atom stereocenters. The number of carbonyl (C=O) groups is 2. The van der Waals surface area contributed by atoms with Gasteiger partial charge in [-0.05, 0) is 35.9 Å². The van der Waals surface area contributed by atoms with E-state index in [4.69, 9.17) is 23.2 Å². The van der Waals surface area contributed by atoms with Crippen LogP contribution in [0.3, 0.4) is 0 Å². The first-order chi connectivity index (χ1) is 17.2. The van der Waals surface area contributed by atoms with Gasteiger partial charge in [-0.15, -0.1) is 13.2 Å². The molecule has 0 heterocycles. The van der Waals surface area contributed by atoms with Crippen LogP contribution in [0, 0.1) is 0 Å². The lowest BCUT2D eigenvalue weighted by Crippen LogP contribution is -2.29. The second kappa shape index (κ2) is 11.3. The minimum atomic E-state index is -4.92. The number of urea groups is 1. The number of hydrogen-bond donors (Lipinski definition) is 3. The number of anilines is 1. The Kier molecular flexibility index (Phi) is 8.57. The molecular weight excluding hydrogens is 558 g/mol. The van der Waals surface area contributed by atoms with Crippen LogP contribution >= 0.6 is 23.2 Å². The normalized spacial score (nSPS) is 11.5. The van der Waals surface area contributed by atoms with Crippen molar-refractivity contribution in [3.63, 3.8) is 0 Å². The van der Waals surface area contributed by atoms with Crippen molar-refractivity contribution in [2.24, 2.45) is 0 Å². The summed E-state index contributed by atoms with van der Waals surface area (Å²) in [6.07, 6.45) is -4.92. The Bertz CT molecular complexity index is 1410. The number of alkyl halides is 3. The van der Waals surface area contributed by atoms with Crippen LogP contribution in [0.15, 0.2) is 65.6 Å². The molecule has 14 heteroatoms. The largest absolute Gasteiger partial charge is 0.573 e. The number of hydrogen-bond acceptors (Lipinski definition) is 5. The number of ether oxygens (including phenoxy) is 1. The van der Waals surface area contributed by atoms with Crippen molar-refractivity contribution in [3.8, 4) is 16.9 Å². The molecule has 3 N–H and O–H groups in total. The lowest BCUT2D eigenvalue weighted by molar-refractivity contribution is -0.274. The number of halogens is 5. The average molecular weight is 576 g/mol. The first kappa shape index (κ1) is 28.1. The van der Waals surface area contributed by atoms with Crippen molar-refractivity contribution in [1.82, 2.24) is 10.0 Å². The van der Waals surface area contributed by atoms with E-state index in [-0.39, 0.29) is 38.3 Å². The summed E-state index contributed by atoms with van der Waals surface area (Å²) in [6, 6.07) is 12.8. The van der Waals surface area contributed by atoms with Crippen LogP contribution in [0.4, 0.5) is 23.7 Å². The molecular formula is C23H18Cl2F3N3O5S. The molecule has 0 saturated heterocycles. The van der Waals surface area contributed by atoms with E-state index in [1.165, 1.54) is 54.6 Å². The van der Waals surface area contributed by atoms with E-state index in [0.29, 0.717) is 5.56 Å². The van der Waals surface area contributed by atoms with Crippen molar-refractivity contribution in [2.75, 3.05) is 5.32 Å². The number of amides is 3. The van der Waals surface area contributed by atoms with Crippen molar-refractivity contribution in [1.29, 1.82) is 0 Å². The topological polar surface area (TPSA) is 114 Å². The quantitative estimate of drug-likeness (QED) is 0.334. The fourth-order valence-corrected chi connectivity index (χ4v) is 4.86. The van der Waals surface area contributed by atoms with Gasteiger partial charge in [-0.25, -0.2) is 17.9 Å². The van der Waals surface area contributed by atoms with E-state index in [1.54, 1.807) is 0 Å². The SMILES string of the molecule is CC(=O)NS(=O)(=O)c1ccc(CNC(=O)Nc2cc(Cl)c(-c3ccccc3OC(F)(F)F)c(Cl)c2)cc1. The molecule has 0 aromatic heterocycles. The van der Waals surface area contributed by atoms with Gasteiger partial charge in [-0.3, -0.25) is 4.79 Å². The third-order valence-corrected chi connectivity index (χ3v) is 6.69. The minimum Gasteiger partial charge on any atom is -0.405 e. The number of rotatable bonds is 7. The Hall–Kier alpha value is -3.48. The summed E-state index contributed by atoms with van der Waals surface area (Å²) in [5.41, 5.74) is 0.824. The third-order valence-electron chi connectivity index (χ3n) is 4.65. The van der Waals surface area contributed by atoms with Crippen LogP contribution in [-0.2, 0) is 21.4 Å². The molecule has 0 aliphatic carbocycles. The van der Waals surface area contributed by atoms with E-state index in [9.17, 15) is 31.2 Å². The van der Waals surface area contributed by atoms with E-state index < -0.39 is 34.1 Å². The smallest absolute Gasteiger partial charge is 0.405 e. The van der Waals surface area contributed by atoms with Gasteiger partial charge in [-0.2, -0.15) is 0 Å². The molecule has 3 aromatic rings. The molecule has 8 nitrogen and oxygen atoms in total. The number of para-hydroxylation sites is 1. The number of benzene rings is 3. The highest BCUT2D eigenvalue weighted by Gasteiger charge is 2.32. The predicted molar refractivity (Wildman–Crippen MR) is 132 cm³/mol. The van der Waals surface area contributed by atoms with Crippen LogP contribution in [0.5, 0.6) is 5.75 Å². The van der Waals surface area contributed by atoms with E-state index in [2.05, 4.69) is 15.4 Å². The Balaban J connectivity index is 1.69.